The first-order valence-corrected chi connectivity index (χ1v) is 9.10. The van der Waals surface area contributed by atoms with Crippen molar-refractivity contribution < 1.29 is 9.13 Å². The molecule has 1 aromatic heterocycles. The van der Waals surface area contributed by atoms with Gasteiger partial charge >= 0.3 is 0 Å². The molecule has 5 nitrogen and oxygen atoms in total. The van der Waals surface area contributed by atoms with E-state index in [0.29, 0.717) is 41.0 Å². The monoisotopic (exact) mass is 377 g/mol. The number of hydrogen-bond acceptors (Lipinski definition) is 4. The summed E-state index contributed by atoms with van der Waals surface area (Å²) in [6, 6.07) is 11.4. The van der Waals surface area contributed by atoms with Gasteiger partial charge in [-0.25, -0.2) is 9.37 Å². The Hall–Kier alpha value is -3.01. The number of hydrogen-bond donors (Lipinski definition) is 0. The number of halogens is 1. The van der Waals surface area contributed by atoms with Crippen LogP contribution in [0.15, 0.2) is 47.3 Å². The average Bonchev–Trinajstić information content (AvgIpc) is 2.69. The third kappa shape index (κ3) is 3.68. The zero-order valence-electron chi connectivity index (χ0n) is 15.8. The molecule has 6 heteroatoms. The molecule has 0 spiro atoms. The number of ether oxygens (including phenoxy) is 1. The molecule has 2 aromatic carbocycles. The Morgan fingerprint density at radius 3 is 2.68 bits per heavy atom. The fourth-order valence-electron chi connectivity index (χ4n) is 3.30. The van der Waals surface area contributed by atoms with Crippen molar-refractivity contribution in [3.63, 3.8) is 0 Å². The van der Waals surface area contributed by atoms with E-state index in [1.54, 1.807) is 41.9 Å². The lowest BCUT2D eigenvalue weighted by molar-refractivity contribution is -0.0272. The summed E-state index contributed by atoms with van der Waals surface area (Å²) in [4.78, 5) is 19.6. The van der Waals surface area contributed by atoms with E-state index in [0.717, 1.165) is 6.54 Å². The Kier molecular flexibility index (Phi) is 4.95. The van der Waals surface area contributed by atoms with Crippen LogP contribution in [0.4, 0.5) is 4.39 Å². The molecule has 0 N–H and O–H groups in total. The van der Waals surface area contributed by atoms with Gasteiger partial charge < -0.3 is 9.64 Å². The second kappa shape index (κ2) is 7.55. The first-order valence-electron chi connectivity index (χ1n) is 9.10. The van der Waals surface area contributed by atoms with Crippen molar-refractivity contribution in [2.45, 2.75) is 6.10 Å². The van der Waals surface area contributed by atoms with Crippen molar-refractivity contribution in [2.24, 2.45) is 7.05 Å². The summed E-state index contributed by atoms with van der Waals surface area (Å²) < 4.78 is 20.7. The molecule has 0 saturated carbocycles. The maximum Gasteiger partial charge on any atom is 0.261 e. The van der Waals surface area contributed by atoms with Crippen LogP contribution >= 0.6 is 0 Å². The van der Waals surface area contributed by atoms with Gasteiger partial charge in [-0.15, -0.1) is 0 Å². The fraction of sp³-hybridized carbons (Fsp3) is 0.273. The standard InChI is InChI=1S/C22H20FN3O2/c1-25-10-11-28-20(14-25)21-24-19-13-16(8-9-18(19)22(27)26(21)2)7-6-15-4-3-5-17(23)12-15/h3-5,8-9,12-13,20H,10-11,14H2,1-2H3. The van der Waals surface area contributed by atoms with E-state index in [1.165, 1.54) is 12.1 Å². The fourth-order valence-corrected chi connectivity index (χ4v) is 3.30. The quantitative estimate of drug-likeness (QED) is 0.612. The van der Waals surface area contributed by atoms with Gasteiger partial charge in [0.25, 0.3) is 5.56 Å². The second-order valence-electron chi connectivity index (χ2n) is 6.95. The molecule has 2 heterocycles. The van der Waals surface area contributed by atoms with Crippen molar-refractivity contribution in [1.82, 2.24) is 14.5 Å². The summed E-state index contributed by atoms with van der Waals surface area (Å²) in [5, 5.41) is 0.534. The summed E-state index contributed by atoms with van der Waals surface area (Å²) in [7, 11) is 3.74. The van der Waals surface area contributed by atoms with E-state index in [9.17, 15) is 9.18 Å². The molecule has 0 amide bonds. The van der Waals surface area contributed by atoms with Crippen LogP contribution in [0.25, 0.3) is 10.9 Å². The summed E-state index contributed by atoms with van der Waals surface area (Å²) in [5.74, 6) is 6.25. The second-order valence-corrected chi connectivity index (χ2v) is 6.95. The zero-order chi connectivity index (χ0) is 19.7. The minimum absolute atomic E-state index is 0.110. The molecule has 1 atom stereocenters. The van der Waals surface area contributed by atoms with Gasteiger partial charge in [0, 0.05) is 31.3 Å². The van der Waals surface area contributed by atoms with E-state index in [1.807, 2.05) is 7.05 Å². The van der Waals surface area contributed by atoms with Crippen LogP contribution in [0, 0.1) is 17.7 Å². The summed E-state index contributed by atoms with van der Waals surface area (Å²) in [5.41, 5.74) is 1.78. The van der Waals surface area contributed by atoms with Crippen LogP contribution in [0.3, 0.4) is 0 Å². The normalized spacial score (nSPS) is 17.3. The number of fused-ring (bicyclic) bond motifs is 1. The highest BCUT2D eigenvalue weighted by Crippen LogP contribution is 2.21. The van der Waals surface area contributed by atoms with E-state index in [-0.39, 0.29) is 17.5 Å². The van der Waals surface area contributed by atoms with Crippen molar-refractivity contribution in [2.75, 3.05) is 26.7 Å². The maximum absolute atomic E-state index is 13.3. The van der Waals surface area contributed by atoms with E-state index < -0.39 is 0 Å². The molecule has 142 valence electrons. The molecule has 0 aliphatic carbocycles. The van der Waals surface area contributed by atoms with E-state index in [4.69, 9.17) is 9.72 Å². The lowest BCUT2D eigenvalue weighted by Crippen LogP contribution is -2.38. The lowest BCUT2D eigenvalue weighted by atomic mass is 10.1. The van der Waals surface area contributed by atoms with E-state index >= 15 is 0 Å². The van der Waals surface area contributed by atoms with E-state index in [2.05, 4.69) is 16.7 Å². The van der Waals surface area contributed by atoms with Gasteiger partial charge in [-0.2, -0.15) is 0 Å². The molecule has 28 heavy (non-hydrogen) atoms. The molecule has 4 rings (SSSR count). The van der Waals surface area contributed by atoms with Gasteiger partial charge in [0.2, 0.25) is 0 Å². The Bertz CT molecular complexity index is 1160. The SMILES string of the molecule is CN1CCOC(c2nc3cc(C#Cc4cccc(F)c4)ccc3c(=O)n2C)C1. The average molecular weight is 377 g/mol. The van der Waals surface area contributed by atoms with Gasteiger partial charge in [-0.05, 0) is 43.4 Å². The predicted octanol–water partition coefficient (Wildman–Crippen LogP) is 2.48. The molecular weight excluding hydrogens is 357 g/mol. The summed E-state index contributed by atoms with van der Waals surface area (Å²) in [6.45, 7) is 2.15. The molecule has 1 fully saturated rings. The summed E-state index contributed by atoms with van der Waals surface area (Å²) in [6.07, 6.45) is -0.247. The van der Waals surface area contributed by atoms with Crippen LogP contribution in [0.5, 0.6) is 0 Å². The predicted molar refractivity (Wildman–Crippen MR) is 106 cm³/mol. The van der Waals surface area contributed by atoms with Crippen molar-refractivity contribution in [1.29, 1.82) is 0 Å². The van der Waals surface area contributed by atoms with Gasteiger partial charge in [-0.1, -0.05) is 17.9 Å². The van der Waals surface area contributed by atoms with Gasteiger partial charge in [0.15, 0.2) is 0 Å². The molecular formula is C22H20FN3O2. The van der Waals surface area contributed by atoms with Crippen molar-refractivity contribution in [3.05, 3.63) is 75.6 Å². The third-order valence-corrected chi connectivity index (χ3v) is 4.84. The maximum atomic E-state index is 13.3. The van der Waals surface area contributed by atoms with Crippen molar-refractivity contribution >= 4 is 10.9 Å². The zero-order valence-corrected chi connectivity index (χ0v) is 15.8. The minimum atomic E-state index is -0.322. The minimum Gasteiger partial charge on any atom is -0.368 e. The van der Waals surface area contributed by atoms with Crippen LogP contribution < -0.4 is 5.56 Å². The Balaban J connectivity index is 1.74. The number of benzene rings is 2. The highest BCUT2D eigenvalue weighted by Gasteiger charge is 2.24. The Labute approximate surface area is 162 Å². The topological polar surface area (TPSA) is 47.4 Å². The number of likely N-dealkylation sites (N-methyl/N-ethyl adjacent to an activating group) is 1. The highest BCUT2D eigenvalue weighted by molar-refractivity contribution is 5.79. The lowest BCUT2D eigenvalue weighted by Gasteiger charge is -2.30. The molecule has 1 saturated heterocycles. The first-order chi connectivity index (χ1) is 13.5. The number of nitrogens with zero attached hydrogens (tertiary/aromatic N) is 3. The van der Waals surface area contributed by atoms with Crippen molar-refractivity contribution in [3.8, 4) is 11.8 Å². The summed E-state index contributed by atoms with van der Waals surface area (Å²) >= 11 is 0. The van der Waals surface area contributed by atoms with Crippen LogP contribution in [0.2, 0.25) is 0 Å². The largest absolute Gasteiger partial charge is 0.368 e. The Morgan fingerprint density at radius 2 is 1.93 bits per heavy atom. The molecule has 1 aliphatic rings. The van der Waals surface area contributed by atoms with Gasteiger partial charge in [0.05, 0.1) is 17.5 Å². The number of morpholine rings is 1. The molecule has 0 radical (unpaired) electrons. The third-order valence-electron chi connectivity index (χ3n) is 4.84. The Morgan fingerprint density at radius 1 is 1.14 bits per heavy atom. The van der Waals surface area contributed by atoms with Crippen LogP contribution in [0.1, 0.15) is 23.1 Å². The van der Waals surface area contributed by atoms with Crippen LogP contribution in [-0.4, -0.2) is 41.2 Å². The molecule has 0 bridgehead atoms. The smallest absolute Gasteiger partial charge is 0.261 e. The molecule has 1 unspecified atom stereocenters. The molecule has 1 aliphatic heterocycles. The van der Waals surface area contributed by atoms with Gasteiger partial charge in [0.1, 0.15) is 17.7 Å². The number of rotatable bonds is 1. The highest BCUT2D eigenvalue weighted by atomic mass is 19.1. The van der Waals surface area contributed by atoms with Gasteiger partial charge in [-0.3, -0.25) is 9.36 Å². The number of aromatic nitrogens is 2. The molecule has 3 aromatic rings. The first kappa shape index (κ1) is 18.4. The van der Waals surface area contributed by atoms with Crippen LogP contribution in [-0.2, 0) is 11.8 Å².